The number of ether oxygens (including phenoxy) is 9. The van der Waals surface area contributed by atoms with Crippen molar-refractivity contribution in [3.63, 3.8) is 0 Å². The minimum atomic E-state index is -1.95. The first-order chi connectivity index (χ1) is 34.2. The van der Waals surface area contributed by atoms with Crippen LogP contribution in [0.25, 0.3) is 0 Å². The standard InChI is InChI=1S/C49H85N7O19/c1-44(2,3)72-40(62)51-20-19-30(57)37(61)53-27-21-28(54-41(63)73-45(4,5)6)34(31(58)33(27)71-39-32(59)35(49(15,66)24-67-39)55(16)42(64)74-46(7,8)9)70-38-26(18-17-25(22-50)69-38)52-36(60)29-23-68-48(13,14)56(29)43(65)75-47(10,11)12/h17,26-35,38-39,57-59,66H,18-24,50H2,1-16H3,(H,51,62)(H,52,60)(H,53,61)(H,54,63)/t26-,27-,28+,29?,30+,31-,32-,33+,34-,35-,38-,39-,49+/m1/s1. The number of carbonyl (C=O) groups excluding carboxylic acids is 6. The number of nitrogens with one attached hydrogen (secondary N) is 4. The van der Waals surface area contributed by atoms with Crippen molar-refractivity contribution in [2.75, 3.05) is 33.4 Å². The van der Waals surface area contributed by atoms with Gasteiger partial charge < -0.3 is 95.0 Å². The third-order valence-corrected chi connectivity index (χ3v) is 12.0. The van der Waals surface area contributed by atoms with Gasteiger partial charge in [0.15, 0.2) is 6.29 Å². The number of aliphatic hydroxyl groups is 4. The van der Waals surface area contributed by atoms with Crippen molar-refractivity contribution in [2.45, 2.75) is 230 Å². The van der Waals surface area contributed by atoms with Gasteiger partial charge in [0.2, 0.25) is 18.1 Å². The molecular formula is C49H85N7O19. The van der Waals surface area contributed by atoms with Gasteiger partial charge >= 0.3 is 24.4 Å². The van der Waals surface area contributed by atoms with Crippen LogP contribution in [0.4, 0.5) is 19.2 Å². The Hall–Kier alpha value is -4.80. The van der Waals surface area contributed by atoms with Gasteiger partial charge in [0.25, 0.3) is 0 Å². The summed E-state index contributed by atoms with van der Waals surface area (Å²) < 4.78 is 52.9. The molecule has 1 unspecified atom stereocenters. The highest BCUT2D eigenvalue weighted by molar-refractivity contribution is 5.87. The lowest BCUT2D eigenvalue weighted by Gasteiger charge is -2.50. The van der Waals surface area contributed by atoms with Crippen molar-refractivity contribution in [1.82, 2.24) is 31.1 Å². The highest BCUT2D eigenvalue weighted by atomic mass is 16.7. The van der Waals surface area contributed by atoms with Crippen molar-refractivity contribution in [3.8, 4) is 0 Å². The molecule has 0 bridgehead atoms. The summed E-state index contributed by atoms with van der Waals surface area (Å²) in [5.41, 5.74) is -0.868. The third-order valence-electron chi connectivity index (χ3n) is 12.0. The Morgan fingerprint density at radius 1 is 0.787 bits per heavy atom. The van der Waals surface area contributed by atoms with Crippen LogP contribution in [0, 0.1) is 0 Å². The maximum Gasteiger partial charge on any atom is 0.413 e. The molecule has 26 heteroatoms. The maximum atomic E-state index is 14.3. The van der Waals surface area contributed by atoms with Crippen LogP contribution >= 0.6 is 0 Å². The van der Waals surface area contributed by atoms with Crippen molar-refractivity contribution in [2.24, 2.45) is 5.73 Å². The smallest absolute Gasteiger partial charge is 0.413 e. The first kappa shape index (κ1) is 62.7. The van der Waals surface area contributed by atoms with E-state index in [0.29, 0.717) is 0 Å². The number of hydrogen-bond donors (Lipinski definition) is 9. The molecule has 13 atom stereocenters. The Labute approximate surface area is 439 Å². The second-order valence-corrected chi connectivity index (χ2v) is 23.9. The predicted octanol–water partition coefficient (Wildman–Crippen LogP) is 1.32. The number of carbonyl (C=O) groups is 6. The second kappa shape index (κ2) is 24.3. The number of nitrogens with zero attached hydrogens (tertiary/aromatic N) is 2. The van der Waals surface area contributed by atoms with E-state index in [9.17, 15) is 49.2 Å². The number of rotatable bonds is 14. The largest absolute Gasteiger partial charge is 0.466 e. The molecule has 0 radical (unpaired) electrons. The molecule has 3 heterocycles. The van der Waals surface area contributed by atoms with Crippen LogP contribution in [0.2, 0.25) is 0 Å². The summed E-state index contributed by atoms with van der Waals surface area (Å²) in [6.45, 7) is 23.2. The minimum absolute atomic E-state index is 0.0488. The summed E-state index contributed by atoms with van der Waals surface area (Å²) in [5, 5.41) is 57.9. The second-order valence-electron chi connectivity index (χ2n) is 23.9. The summed E-state index contributed by atoms with van der Waals surface area (Å²) in [6, 6.07) is -6.40. The fraction of sp³-hybridized carbons (Fsp3) is 0.837. The van der Waals surface area contributed by atoms with Crippen LogP contribution in [-0.2, 0) is 52.2 Å². The average Bonchev–Trinajstić information content (AvgIpc) is 3.56. The van der Waals surface area contributed by atoms with E-state index < -0.39 is 150 Å². The molecule has 1 aliphatic carbocycles. The van der Waals surface area contributed by atoms with E-state index in [2.05, 4.69) is 21.3 Å². The van der Waals surface area contributed by atoms with Crippen LogP contribution < -0.4 is 27.0 Å². The first-order valence-corrected chi connectivity index (χ1v) is 25.2. The topological polar surface area (TPSA) is 347 Å². The molecule has 26 nitrogen and oxygen atoms in total. The van der Waals surface area contributed by atoms with Gasteiger partial charge in [0.1, 0.15) is 76.1 Å². The SMILES string of the molecule is CN(C(=O)OC(C)(C)C)[C@@H]1[C@@H](O)[C@@H](O[C@@H]2[C@@H](O)[C@H](O[C@H]3OC(CN)=CC[C@H]3NC(=O)C3COC(C)(C)N3C(=O)OC(C)(C)C)[C@@H](NC(=O)OC(C)(C)C)C[C@H]2NC(=O)[C@@H](O)CCNC(=O)OC(C)(C)C)OC[C@]1(C)O. The fourth-order valence-corrected chi connectivity index (χ4v) is 8.77. The highest BCUT2D eigenvalue weighted by Gasteiger charge is 2.56. The highest BCUT2D eigenvalue weighted by Crippen LogP contribution is 2.36. The number of likely N-dealkylation sites (N-methyl/N-ethyl adjacent to an activating group) is 1. The van der Waals surface area contributed by atoms with Crippen LogP contribution in [0.1, 0.15) is 123 Å². The van der Waals surface area contributed by atoms with Gasteiger partial charge in [-0.25, -0.2) is 19.2 Å². The Balaban J connectivity index is 1.75. The van der Waals surface area contributed by atoms with Gasteiger partial charge in [0, 0.05) is 13.6 Å². The molecule has 4 aliphatic rings. The molecule has 6 amide bonds. The zero-order valence-corrected chi connectivity index (χ0v) is 46.3. The molecule has 2 saturated heterocycles. The lowest BCUT2D eigenvalue weighted by molar-refractivity contribution is -0.311. The normalized spacial score (nSPS) is 30.6. The number of nitrogens with two attached hydrogens (primary N) is 1. The van der Waals surface area contributed by atoms with Crippen LogP contribution in [0.15, 0.2) is 11.8 Å². The number of alkyl carbamates (subject to hydrolysis) is 2. The number of amides is 6. The summed E-state index contributed by atoms with van der Waals surface area (Å²) in [6.07, 6.45) is -14.6. The van der Waals surface area contributed by atoms with E-state index >= 15 is 0 Å². The van der Waals surface area contributed by atoms with Crippen LogP contribution in [-0.4, -0.2) is 207 Å². The molecule has 0 aromatic heterocycles. The quantitative estimate of drug-likeness (QED) is 0.111. The van der Waals surface area contributed by atoms with Crippen LogP contribution in [0.3, 0.4) is 0 Å². The van der Waals surface area contributed by atoms with Gasteiger partial charge in [0.05, 0.1) is 43.9 Å². The van der Waals surface area contributed by atoms with Gasteiger partial charge in [-0.2, -0.15) is 0 Å². The summed E-state index contributed by atoms with van der Waals surface area (Å²) in [7, 11) is 1.30. The molecule has 0 aromatic carbocycles. The van der Waals surface area contributed by atoms with E-state index in [4.69, 9.17) is 48.4 Å². The Morgan fingerprint density at radius 3 is 1.89 bits per heavy atom. The van der Waals surface area contributed by atoms with Gasteiger partial charge in [-0.05, 0) is 129 Å². The van der Waals surface area contributed by atoms with Crippen LogP contribution in [0.5, 0.6) is 0 Å². The molecule has 3 fully saturated rings. The molecule has 430 valence electrons. The van der Waals surface area contributed by atoms with E-state index in [-0.39, 0.29) is 44.7 Å². The maximum absolute atomic E-state index is 14.3. The molecule has 4 rings (SSSR count). The molecule has 0 aromatic rings. The molecule has 3 aliphatic heterocycles. The van der Waals surface area contributed by atoms with Gasteiger partial charge in [-0.15, -0.1) is 0 Å². The van der Waals surface area contributed by atoms with Crippen molar-refractivity contribution < 1.29 is 91.8 Å². The third kappa shape index (κ3) is 17.9. The lowest BCUT2D eigenvalue weighted by Crippen LogP contribution is -2.71. The number of hydrogen-bond acceptors (Lipinski definition) is 20. The molecule has 75 heavy (non-hydrogen) atoms. The monoisotopic (exact) mass is 1080 g/mol. The first-order valence-electron chi connectivity index (χ1n) is 25.2. The Morgan fingerprint density at radius 2 is 1.33 bits per heavy atom. The van der Waals surface area contributed by atoms with Gasteiger partial charge in [-0.1, -0.05) is 0 Å². The average molecular weight is 1080 g/mol. The fourth-order valence-electron chi connectivity index (χ4n) is 8.77. The zero-order chi connectivity index (χ0) is 57.0. The predicted molar refractivity (Wildman–Crippen MR) is 265 cm³/mol. The van der Waals surface area contributed by atoms with Crippen molar-refractivity contribution in [3.05, 3.63) is 11.8 Å². The number of aliphatic hydroxyl groups excluding tert-OH is 3. The van der Waals surface area contributed by atoms with E-state index in [0.717, 1.165) is 4.90 Å². The lowest BCUT2D eigenvalue weighted by atomic mass is 9.82. The Bertz CT molecular complexity index is 2050. The minimum Gasteiger partial charge on any atom is -0.466 e. The van der Waals surface area contributed by atoms with Crippen molar-refractivity contribution >= 4 is 36.2 Å². The van der Waals surface area contributed by atoms with E-state index in [1.54, 1.807) is 103 Å². The van der Waals surface area contributed by atoms with Gasteiger partial charge in [-0.3, -0.25) is 14.5 Å². The summed E-state index contributed by atoms with van der Waals surface area (Å²) >= 11 is 0. The molecule has 1 saturated carbocycles. The zero-order valence-electron chi connectivity index (χ0n) is 46.3. The van der Waals surface area contributed by atoms with E-state index in [1.807, 2.05) is 0 Å². The van der Waals surface area contributed by atoms with E-state index in [1.165, 1.54) is 18.9 Å². The molecular weight excluding hydrogens is 991 g/mol. The molecule has 0 spiro atoms. The summed E-state index contributed by atoms with van der Waals surface area (Å²) in [4.78, 5) is 83.1. The molecule has 10 N–H and O–H groups in total. The van der Waals surface area contributed by atoms with Crippen molar-refractivity contribution in [1.29, 1.82) is 0 Å². The Kier molecular flexibility index (Phi) is 20.3. The summed E-state index contributed by atoms with van der Waals surface area (Å²) in [5.74, 6) is -1.46.